The van der Waals surface area contributed by atoms with Crippen molar-refractivity contribution in [3.63, 3.8) is 0 Å². The van der Waals surface area contributed by atoms with E-state index in [0.29, 0.717) is 6.54 Å². The SMILES string of the molecule is CCNC(=O)C(N)c1ccccc1. The largest absolute Gasteiger partial charge is 0.355 e. The van der Waals surface area contributed by atoms with Gasteiger partial charge in [-0.3, -0.25) is 4.79 Å². The molecular weight excluding hydrogens is 164 g/mol. The Morgan fingerprint density at radius 1 is 1.46 bits per heavy atom. The van der Waals surface area contributed by atoms with Crippen LogP contribution in [0.4, 0.5) is 0 Å². The number of carbonyl (C=O) groups is 1. The van der Waals surface area contributed by atoms with Crippen molar-refractivity contribution in [3.8, 4) is 0 Å². The Hall–Kier alpha value is -1.35. The zero-order chi connectivity index (χ0) is 9.68. The van der Waals surface area contributed by atoms with Crippen LogP contribution in [0.1, 0.15) is 18.5 Å². The normalized spacial score (nSPS) is 12.2. The second-order valence-corrected chi connectivity index (χ2v) is 2.78. The van der Waals surface area contributed by atoms with Gasteiger partial charge in [0, 0.05) is 6.54 Å². The third-order valence-electron chi connectivity index (χ3n) is 1.79. The molecule has 3 N–H and O–H groups in total. The molecule has 0 aliphatic heterocycles. The summed E-state index contributed by atoms with van der Waals surface area (Å²) < 4.78 is 0. The second kappa shape index (κ2) is 4.62. The second-order valence-electron chi connectivity index (χ2n) is 2.78. The molecule has 3 heteroatoms. The summed E-state index contributed by atoms with van der Waals surface area (Å²) in [6, 6.07) is 8.78. The van der Waals surface area contributed by atoms with E-state index in [1.807, 2.05) is 37.3 Å². The maximum atomic E-state index is 11.3. The first-order chi connectivity index (χ1) is 6.25. The molecule has 0 spiro atoms. The Morgan fingerprint density at radius 2 is 2.08 bits per heavy atom. The molecule has 1 rings (SSSR count). The fourth-order valence-corrected chi connectivity index (χ4v) is 1.10. The van der Waals surface area contributed by atoms with Crippen LogP contribution in [0.15, 0.2) is 30.3 Å². The molecule has 0 fully saturated rings. The van der Waals surface area contributed by atoms with E-state index in [4.69, 9.17) is 5.73 Å². The van der Waals surface area contributed by atoms with E-state index >= 15 is 0 Å². The number of nitrogens with one attached hydrogen (secondary N) is 1. The Morgan fingerprint density at radius 3 is 2.62 bits per heavy atom. The molecule has 0 radical (unpaired) electrons. The molecule has 70 valence electrons. The molecule has 0 aliphatic rings. The first-order valence-corrected chi connectivity index (χ1v) is 4.34. The summed E-state index contributed by atoms with van der Waals surface area (Å²) in [4.78, 5) is 11.3. The fourth-order valence-electron chi connectivity index (χ4n) is 1.10. The average Bonchev–Trinajstić information content (AvgIpc) is 2.18. The molecule has 13 heavy (non-hydrogen) atoms. The summed E-state index contributed by atoms with van der Waals surface area (Å²) in [5.41, 5.74) is 6.55. The molecular formula is C10H14N2O. The molecule has 0 heterocycles. The highest BCUT2D eigenvalue weighted by atomic mass is 16.2. The molecule has 0 saturated carbocycles. The molecule has 0 saturated heterocycles. The van der Waals surface area contributed by atoms with Crippen molar-refractivity contribution in [3.05, 3.63) is 35.9 Å². The van der Waals surface area contributed by atoms with E-state index < -0.39 is 6.04 Å². The Labute approximate surface area is 77.9 Å². The van der Waals surface area contributed by atoms with Gasteiger partial charge in [-0.1, -0.05) is 30.3 Å². The lowest BCUT2D eigenvalue weighted by atomic mass is 10.1. The van der Waals surface area contributed by atoms with Crippen LogP contribution in [0.25, 0.3) is 0 Å². The standard InChI is InChI=1S/C10H14N2O/c1-2-12-10(13)9(11)8-6-4-3-5-7-8/h3-7,9H,2,11H2,1H3,(H,12,13). The van der Waals surface area contributed by atoms with Crippen LogP contribution >= 0.6 is 0 Å². The van der Waals surface area contributed by atoms with Gasteiger partial charge >= 0.3 is 0 Å². The highest BCUT2D eigenvalue weighted by molar-refractivity contribution is 5.82. The number of hydrogen-bond donors (Lipinski definition) is 2. The van der Waals surface area contributed by atoms with Gasteiger partial charge in [0.2, 0.25) is 5.91 Å². The topological polar surface area (TPSA) is 55.1 Å². The minimum atomic E-state index is -0.554. The van der Waals surface area contributed by atoms with Crippen LogP contribution in [0.2, 0.25) is 0 Å². The minimum absolute atomic E-state index is 0.131. The number of likely N-dealkylation sites (N-methyl/N-ethyl adjacent to an activating group) is 1. The summed E-state index contributed by atoms with van der Waals surface area (Å²) in [5.74, 6) is -0.131. The number of carbonyl (C=O) groups excluding carboxylic acids is 1. The third kappa shape index (κ3) is 2.56. The van der Waals surface area contributed by atoms with Gasteiger partial charge in [-0.05, 0) is 12.5 Å². The molecule has 0 aromatic heterocycles. The lowest BCUT2D eigenvalue weighted by Gasteiger charge is -2.10. The van der Waals surface area contributed by atoms with Crippen LogP contribution in [0, 0.1) is 0 Å². The van der Waals surface area contributed by atoms with Gasteiger partial charge in [0.05, 0.1) is 0 Å². The van der Waals surface area contributed by atoms with E-state index in [1.165, 1.54) is 0 Å². The fraction of sp³-hybridized carbons (Fsp3) is 0.300. The van der Waals surface area contributed by atoms with Crippen LogP contribution in [-0.4, -0.2) is 12.5 Å². The monoisotopic (exact) mass is 178 g/mol. The van der Waals surface area contributed by atoms with Crippen LogP contribution in [0.3, 0.4) is 0 Å². The van der Waals surface area contributed by atoms with E-state index in [1.54, 1.807) is 0 Å². The highest BCUT2D eigenvalue weighted by Gasteiger charge is 2.13. The predicted molar refractivity (Wildman–Crippen MR) is 52.1 cm³/mol. The molecule has 0 aliphatic carbocycles. The van der Waals surface area contributed by atoms with E-state index in [2.05, 4.69) is 5.32 Å². The number of rotatable bonds is 3. The lowest BCUT2D eigenvalue weighted by molar-refractivity contribution is -0.122. The maximum absolute atomic E-state index is 11.3. The minimum Gasteiger partial charge on any atom is -0.355 e. The zero-order valence-corrected chi connectivity index (χ0v) is 7.66. The highest BCUT2D eigenvalue weighted by Crippen LogP contribution is 2.08. The van der Waals surface area contributed by atoms with Gasteiger partial charge in [0.1, 0.15) is 6.04 Å². The Balaban J connectivity index is 2.68. The van der Waals surface area contributed by atoms with Gasteiger partial charge in [-0.25, -0.2) is 0 Å². The molecule has 1 unspecified atom stereocenters. The van der Waals surface area contributed by atoms with Gasteiger partial charge < -0.3 is 11.1 Å². The number of nitrogens with two attached hydrogens (primary N) is 1. The molecule has 1 atom stereocenters. The van der Waals surface area contributed by atoms with Crippen molar-refractivity contribution in [2.45, 2.75) is 13.0 Å². The summed E-state index contributed by atoms with van der Waals surface area (Å²) in [7, 11) is 0. The van der Waals surface area contributed by atoms with Crippen LogP contribution in [0.5, 0.6) is 0 Å². The number of hydrogen-bond acceptors (Lipinski definition) is 2. The van der Waals surface area contributed by atoms with Crippen LogP contribution < -0.4 is 11.1 Å². The van der Waals surface area contributed by atoms with Crippen molar-refractivity contribution in [2.24, 2.45) is 5.73 Å². The van der Waals surface area contributed by atoms with Gasteiger partial charge in [0.15, 0.2) is 0 Å². The smallest absolute Gasteiger partial charge is 0.241 e. The first-order valence-electron chi connectivity index (χ1n) is 4.34. The Bertz CT molecular complexity index is 272. The van der Waals surface area contributed by atoms with Crippen molar-refractivity contribution >= 4 is 5.91 Å². The third-order valence-corrected chi connectivity index (χ3v) is 1.79. The Kier molecular flexibility index (Phi) is 3.46. The zero-order valence-electron chi connectivity index (χ0n) is 7.66. The summed E-state index contributed by atoms with van der Waals surface area (Å²) in [6.45, 7) is 2.48. The predicted octanol–water partition coefficient (Wildman–Crippen LogP) is 0.823. The van der Waals surface area contributed by atoms with Crippen molar-refractivity contribution < 1.29 is 4.79 Å². The van der Waals surface area contributed by atoms with Gasteiger partial charge in [-0.15, -0.1) is 0 Å². The van der Waals surface area contributed by atoms with Gasteiger partial charge in [0.25, 0.3) is 0 Å². The molecule has 1 aromatic rings. The number of amides is 1. The van der Waals surface area contributed by atoms with Crippen LogP contribution in [-0.2, 0) is 4.79 Å². The summed E-state index contributed by atoms with van der Waals surface area (Å²) in [5, 5.41) is 2.68. The molecule has 1 amide bonds. The van der Waals surface area contributed by atoms with E-state index in [9.17, 15) is 4.79 Å². The lowest BCUT2D eigenvalue weighted by Crippen LogP contribution is -2.33. The number of benzene rings is 1. The molecule has 1 aromatic carbocycles. The van der Waals surface area contributed by atoms with E-state index in [0.717, 1.165) is 5.56 Å². The van der Waals surface area contributed by atoms with Crippen molar-refractivity contribution in [1.29, 1.82) is 0 Å². The first kappa shape index (κ1) is 9.74. The quantitative estimate of drug-likeness (QED) is 0.720. The van der Waals surface area contributed by atoms with Crippen molar-refractivity contribution in [1.82, 2.24) is 5.32 Å². The van der Waals surface area contributed by atoms with Crippen molar-refractivity contribution in [2.75, 3.05) is 6.54 Å². The summed E-state index contributed by atoms with van der Waals surface area (Å²) >= 11 is 0. The maximum Gasteiger partial charge on any atom is 0.241 e. The summed E-state index contributed by atoms with van der Waals surface area (Å²) in [6.07, 6.45) is 0. The average molecular weight is 178 g/mol. The molecule has 3 nitrogen and oxygen atoms in total. The van der Waals surface area contributed by atoms with E-state index in [-0.39, 0.29) is 5.91 Å². The van der Waals surface area contributed by atoms with Gasteiger partial charge in [-0.2, -0.15) is 0 Å². The molecule has 0 bridgehead atoms.